The molecule has 2 aromatic rings. The average molecular weight is 437 g/mol. The van der Waals surface area contributed by atoms with Crippen molar-refractivity contribution >= 4 is 17.8 Å². The van der Waals surface area contributed by atoms with Crippen molar-refractivity contribution in [3.05, 3.63) is 59.8 Å². The number of pyridine rings is 1. The van der Waals surface area contributed by atoms with Crippen molar-refractivity contribution in [1.82, 2.24) is 15.6 Å². The molecule has 0 spiro atoms. The van der Waals surface area contributed by atoms with E-state index in [1.807, 2.05) is 63.2 Å². The lowest BCUT2D eigenvalue weighted by Crippen LogP contribution is -2.51. The predicted molar refractivity (Wildman–Crippen MR) is 124 cm³/mol. The number of carbonyl (C=O) groups is 2. The number of rotatable bonds is 5. The SMILES string of the molecule is CC(C)(C)OC(=O)NC1CC2CCC(C1)N2c1ccc(C(=O)NCc2ccccc2)cn1. The van der Waals surface area contributed by atoms with Crippen LogP contribution in [0.25, 0.3) is 0 Å². The molecule has 2 saturated heterocycles. The van der Waals surface area contributed by atoms with Gasteiger partial charge in [-0.2, -0.15) is 0 Å². The second-order valence-corrected chi connectivity index (χ2v) is 9.68. The minimum absolute atomic E-state index is 0.113. The normalized spacial score (nSPS) is 22.3. The maximum Gasteiger partial charge on any atom is 0.407 e. The van der Waals surface area contributed by atoms with E-state index in [0.717, 1.165) is 37.1 Å². The van der Waals surface area contributed by atoms with Crippen LogP contribution in [0.5, 0.6) is 0 Å². The number of carbonyl (C=O) groups excluding carboxylic acids is 2. The first-order valence-corrected chi connectivity index (χ1v) is 11.3. The lowest BCUT2D eigenvalue weighted by molar-refractivity contribution is 0.0492. The van der Waals surface area contributed by atoms with Crippen molar-refractivity contribution in [3.8, 4) is 0 Å². The van der Waals surface area contributed by atoms with E-state index in [0.29, 0.717) is 24.2 Å². The Morgan fingerprint density at radius 1 is 1.06 bits per heavy atom. The Hall–Kier alpha value is -3.09. The molecule has 2 aliphatic rings. The van der Waals surface area contributed by atoms with E-state index < -0.39 is 5.60 Å². The largest absolute Gasteiger partial charge is 0.444 e. The van der Waals surface area contributed by atoms with Crippen molar-refractivity contribution in [1.29, 1.82) is 0 Å². The summed E-state index contributed by atoms with van der Waals surface area (Å²) in [6.07, 6.45) is 5.21. The fraction of sp³-hybridized carbons (Fsp3) is 0.480. The number of nitrogens with one attached hydrogen (secondary N) is 2. The van der Waals surface area contributed by atoms with Gasteiger partial charge in [0.05, 0.1) is 5.56 Å². The molecule has 4 rings (SSSR count). The number of hydrogen-bond donors (Lipinski definition) is 2. The minimum atomic E-state index is -0.497. The third-order valence-corrected chi connectivity index (χ3v) is 6.02. The molecule has 2 bridgehead atoms. The Morgan fingerprint density at radius 2 is 1.75 bits per heavy atom. The Morgan fingerprint density at radius 3 is 2.34 bits per heavy atom. The van der Waals surface area contributed by atoms with Crippen molar-refractivity contribution in [2.45, 2.75) is 76.7 Å². The number of anilines is 1. The van der Waals surface area contributed by atoms with Gasteiger partial charge in [-0.25, -0.2) is 9.78 Å². The number of fused-ring (bicyclic) bond motifs is 2. The number of nitrogens with zero attached hydrogens (tertiary/aromatic N) is 2. The van der Waals surface area contributed by atoms with Gasteiger partial charge in [0.15, 0.2) is 0 Å². The first kappa shape index (κ1) is 22.1. The second kappa shape index (κ2) is 9.18. The maximum absolute atomic E-state index is 12.5. The van der Waals surface area contributed by atoms with Gasteiger partial charge in [0, 0.05) is 30.9 Å². The Kier molecular flexibility index (Phi) is 6.35. The molecule has 2 unspecified atom stereocenters. The van der Waals surface area contributed by atoms with E-state index in [1.54, 1.807) is 6.20 Å². The number of aromatic nitrogens is 1. The fourth-order valence-electron chi connectivity index (χ4n) is 4.70. The van der Waals surface area contributed by atoms with Crippen LogP contribution < -0.4 is 15.5 Å². The van der Waals surface area contributed by atoms with Crippen LogP contribution in [0.1, 0.15) is 62.4 Å². The van der Waals surface area contributed by atoms with Crippen LogP contribution in [0.3, 0.4) is 0 Å². The Bertz CT molecular complexity index is 926. The molecule has 0 radical (unpaired) electrons. The molecule has 7 heteroatoms. The number of benzene rings is 1. The molecule has 2 fully saturated rings. The third-order valence-electron chi connectivity index (χ3n) is 6.02. The standard InChI is InChI=1S/C25H32N4O3/c1-25(2,3)32-24(31)28-19-13-20-10-11-21(14-19)29(20)22-12-9-18(16-26-22)23(30)27-15-17-7-5-4-6-8-17/h4-9,12,16,19-21H,10-11,13-15H2,1-3H3,(H,27,30)(H,28,31). The van der Waals surface area contributed by atoms with E-state index in [4.69, 9.17) is 4.74 Å². The lowest BCUT2D eigenvalue weighted by atomic mass is 9.97. The van der Waals surface area contributed by atoms with Crippen LogP contribution >= 0.6 is 0 Å². The zero-order valence-corrected chi connectivity index (χ0v) is 19.0. The molecule has 1 aromatic carbocycles. The fourth-order valence-corrected chi connectivity index (χ4v) is 4.70. The maximum atomic E-state index is 12.5. The second-order valence-electron chi connectivity index (χ2n) is 9.68. The number of ether oxygens (including phenoxy) is 1. The highest BCUT2D eigenvalue weighted by Crippen LogP contribution is 2.38. The molecule has 170 valence electrons. The first-order chi connectivity index (χ1) is 15.3. The zero-order valence-electron chi connectivity index (χ0n) is 19.0. The van der Waals surface area contributed by atoms with Gasteiger partial charge in [-0.15, -0.1) is 0 Å². The Balaban J connectivity index is 1.34. The highest BCUT2D eigenvalue weighted by molar-refractivity contribution is 5.94. The summed E-state index contributed by atoms with van der Waals surface area (Å²) in [7, 11) is 0. The Labute approximate surface area is 189 Å². The van der Waals surface area contributed by atoms with Crippen molar-refractivity contribution in [2.75, 3.05) is 4.90 Å². The van der Waals surface area contributed by atoms with Gasteiger partial charge in [-0.1, -0.05) is 30.3 Å². The van der Waals surface area contributed by atoms with Crippen molar-refractivity contribution in [2.24, 2.45) is 0 Å². The summed E-state index contributed by atoms with van der Waals surface area (Å²) in [6, 6.07) is 14.4. The molecule has 1 aromatic heterocycles. The van der Waals surface area contributed by atoms with Gasteiger partial charge in [0.25, 0.3) is 5.91 Å². The molecule has 0 saturated carbocycles. The first-order valence-electron chi connectivity index (χ1n) is 11.3. The minimum Gasteiger partial charge on any atom is -0.444 e. The smallest absolute Gasteiger partial charge is 0.407 e. The van der Waals surface area contributed by atoms with Crippen molar-refractivity contribution < 1.29 is 14.3 Å². The van der Waals surface area contributed by atoms with Gasteiger partial charge in [0.1, 0.15) is 11.4 Å². The molecular formula is C25H32N4O3. The van der Waals surface area contributed by atoms with Crippen LogP contribution in [0, 0.1) is 0 Å². The topological polar surface area (TPSA) is 83.6 Å². The van der Waals surface area contributed by atoms with Gasteiger partial charge < -0.3 is 20.3 Å². The van der Waals surface area contributed by atoms with E-state index in [9.17, 15) is 9.59 Å². The number of piperidine rings is 1. The summed E-state index contributed by atoms with van der Waals surface area (Å²) in [4.78, 5) is 31.6. The van der Waals surface area contributed by atoms with Gasteiger partial charge in [-0.05, 0) is 64.2 Å². The van der Waals surface area contributed by atoms with E-state index in [2.05, 4.69) is 20.5 Å². The van der Waals surface area contributed by atoms with Crippen LogP contribution in [-0.2, 0) is 11.3 Å². The molecule has 32 heavy (non-hydrogen) atoms. The highest BCUT2D eigenvalue weighted by atomic mass is 16.6. The molecule has 7 nitrogen and oxygen atoms in total. The quantitative estimate of drug-likeness (QED) is 0.739. The number of hydrogen-bond acceptors (Lipinski definition) is 5. The average Bonchev–Trinajstić information content (AvgIpc) is 3.02. The number of alkyl carbamates (subject to hydrolysis) is 1. The highest BCUT2D eigenvalue weighted by Gasteiger charge is 2.42. The summed E-state index contributed by atoms with van der Waals surface area (Å²) in [5.41, 5.74) is 1.12. The molecular weight excluding hydrogens is 404 g/mol. The van der Waals surface area contributed by atoms with Gasteiger partial charge in [0.2, 0.25) is 0 Å². The molecule has 2 aliphatic heterocycles. The summed E-state index contributed by atoms with van der Waals surface area (Å²) in [5, 5.41) is 5.98. The van der Waals surface area contributed by atoms with Crippen LogP contribution in [-0.4, -0.2) is 40.7 Å². The molecule has 3 heterocycles. The van der Waals surface area contributed by atoms with Gasteiger partial charge >= 0.3 is 6.09 Å². The molecule has 0 aliphatic carbocycles. The summed E-state index contributed by atoms with van der Waals surface area (Å²) >= 11 is 0. The predicted octanol–water partition coefficient (Wildman–Crippen LogP) is 4.04. The summed E-state index contributed by atoms with van der Waals surface area (Å²) < 4.78 is 5.41. The van der Waals surface area contributed by atoms with E-state index >= 15 is 0 Å². The van der Waals surface area contributed by atoms with E-state index in [-0.39, 0.29) is 18.0 Å². The van der Waals surface area contributed by atoms with Crippen LogP contribution in [0.2, 0.25) is 0 Å². The van der Waals surface area contributed by atoms with E-state index in [1.165, 1.54) is 0 Å². The summed E-state index contributed by atoms with van der Waals surface area (Å²) in [6.45, 7) is 6.10. The molecule has 2 N–H and O–H groups in total. The lowest BCUT2D eigenvalue weighted by Gasteiger charge is -2.40. The third kappa shape index (κ3) is 5.39. The van der Waals surface area contributed by atoms with Crippen LogP contribution in [0.15, 0.2) is 48.7 Å². The monoisotopic (exact) mass is 436 g/mol. The number of amides is 2. The summed E-state index contributed by atoms with van der Waals surface area (Å²) in [5.74, 6) is 0.768. The molecule has 2 amide bonds. The zero-order chi connectivity index (χ0) is 22.7. The van der Waals surface area contributed by atoms with Crippen LogP contribution in [0.4, 0.5) is 10.6 Å². The van der Waals surface area contributed by atoms with Crippen molar-refractivity contribution in [3.63, 3.8) is 0 Å². The van der Waals surface area contributed by atoms with Gasteiger partial charge in [-0.3, -0.25) is 4.79 Å². The molecule has 2 atom stereocenters.